The molecule has 1 aliphatic carbocycles. The van der Waals surface area contributed by atoms with E-state index in [0.29, 0.717) is 6.04 Å². The van der Waals surface area contributed by atoms with Gasteiger partial charge in [-0.15, -0.1) is 11.3 Å². The largest absolute Gasteiger partial charge is 0.309 e. The van der Waals surface area contributed by atoms with Crippen LogP contribution >= 0.6 is 34.7 Å². The molecule has 4 heteroatoms. The highest BCUT2D eigenvalue weighted by Crippen LogP contribution is 2.28. The van der Waals surface area contributed by atoms with Gasteiger partial charge in [-0.3, -0.25) is 0 Å². The van der Waals surface area contributed by atoms with Crippen LogP contribution in [0, 0.1) is 0 Å². The molecule has 0 saturated heterocycles. The van der Waals surface area contributed by atoms with Crippen molar-refractivity contribution in [2.45, 2.75) is 37.1 Å². The Morgan fingerprint density at radius 1 is 1.53 bits per heavy atom. The summed E-state index contributed by atoms with van der Waals surface area (Å²) < 4.78 is 0.889. The van der Waals surface area contributed by atoms with Gasteiger partial charge in [-0.1, -0.05) is 11.6 Å². The molecular weight excluding hydrogens is 246 g/mol. The lowest BCUT2D eigenvalue weighted by atomic mass is 10.2. The van der Waals surface area contributed by atoms with E-state index < -0.39 is 0 Å². The van der Waals surface area contributed by atoms with Crippen molar-refractivity contribution in [2.75, 3.05) is 6.26 Å². The molecule has 0 spiro atoms. The van der Waals surface area contributed by atoms with Crippen LogP contribution in [-0.2, 0) is 6.54 Å². The first-order valence-corrected chi connectivity index (χ1v) is 7.76. The summed E-state index contributed by atoms with van der Waals surface area (Å²) in [6, 6.07) is 4.80. The molecule has 2 rings (SSSR count). The minimum Gasteiger partial charge on any atom is -0.309 e. The van der Waals surface area contributed by atoms with Crippen molar-refractivity contribution < 1.29 is 0 Å². The van der Waals surface area contributed by atoms with E-state index in [-0.39, 0.29) is 0 Å². The number of hydrogen-bond donors (Lipinski definition) is 1. The minimum absolute atomic E-state index is 0.711. The Morgan fingerprint density at radius 2 is 2.40 bits per heavy atom. The molecule has 1 aromatic rings. The highest BCUT2D eigenvalue weighted by Gasteiger charge is 2.23. The second kappa shape index (κ2) is 5.58. The van der Waals surface area contributed by atoms with Crippen LogP contribution in [0.5, 0.6) is 0 Å². The first-order chi connectivity index (χ1) is 7.28. The van der Waals surface area contributed by atoms with Gasteiger partial charge in [-0.25, -0.2) is 0 Å². The van der Waals surface area contributed by atoms with Crippen molar-refractivity contribution in [3.63, 3.8) is 0 Å². The van der Waals surface area contributed by atoms with Crippen LogP contribution in [-0.4, -0.2) is 17.5 Å². The summed E-state index contributed by atoms with van der Waals surface area (Å²) in [6.07, 6.45) is 6.22. The van der Waals surface area contributed by atoms with Gasteiger partial charge >= 0.3 is 0 Å². The maximum atomic E-state index is 5.89. The zero-order valence-corrected chi connectivity index (χ0v) is 11.2. The average molecular weight is 262 g/mol. The van der Waals surface area contributed by atoms with Crippen LogP contribution in [0.3, 0.4) is 0 Å². The summed E-state index contributed by atoms with van der Waals surface area (Å²) in [5, 5.41) is 4.48. The molecule has 0 bridgehead atoms. The Morgan fingerprint density at radius 3 is 3.00 bits per heavy atom. The number of nitrogens with one attached hydrogen (secondary N) is 1. The lowest BCUT2D eigenvalue weighted by Crippen LogP contribution is -2.25. The van der Waals surface area contributed by atoms with E-state index in [1.54, 1.807) is 11.3 Å². The minimum atomic E-state index is 0.711. The van der Waals surface area contributed by atoms with E-state index in [9.17, 15) is 0 Å². The van der Waals surface area contributed by atoms with Crippen LogP contribution in [0.4, 0.5) is 0 Å². The molecule has 1 aromatic heterocycles. The molecule has 1 saturated carbocycles. The standard InChI is InChI=1S/C11H16ClNS2/c1-14-9-3-2-8(6-9)13-7-10-4-5-11(12)15-10/h4-5,8-9,13H,2-3,6-7H2,1H3. The van der Waals surface area contributed by atoms with Gasteiger partial charge in [0.25, 0.3) is 0 Å². The molecule has 0 amide bonds. The third-order valence-electron chi connectivity index (χ3n) is 2.91. The summed E-state index contributed by atoms with van der Waals surface area (Å²) in [4.78, 5) is 1.34. The number of hydrogen-bond acceptors (Lipinski definition) is 3. The second-order valence-corrected chi connectivity index (χ2v) is 6.89. The molecule has 1 aliphatic rings. The van der Waals surface area contributed by atoms with Gasteiger partial charge in [-0.05, 0) is 37.7 Å². The van der Waals surface area contributed by atoms with Crippen molar-refractivity contribution in [2.24, 2.45) is 0 Å². The molecule has 1 nitrogen and oxygen atoms in total. The van der Waals surface area contributed by atoms with Gasteiger partial charge in [0.05, 0.1) is 4.34 Å². The van der Waals surface area contributed by atoms with Crippen LogP contribution in [0.15, 0.2) is 12.1 Å². The molecule has 2 atom stereocenters. The lowest BCUT2D eigenvalue weighted by molar-refractivity contribution is 0.528. The molecule has 84 valence electrons. The summed E-state index contributed by atoms with van der Waals surface area (Å²) in [6.45, 7) is 0.975. The summed E-state index contributed by atoms with van der Waals surface area (Å²) in [5.41, 5.74) is 0. The lowest BCUT2D eigenvalue weighted by Gasteiger charge is -2.11. The SMILES string of the molecule is CSC1CCC(NCc2ccc(Cl)s2)C1. The normalized spacial score (nSPS) is 26.0. The first-order valence-electron chi connectivity index (χ1n) is 5.28. The fourth-order valence-corrected chi connectivity index (χ4v) is 3.87. The van der Waals surface area contributed by atoms with Crippen molar-refractivity contribution in [1.82, 2.24) is 5.32 Å². The molecule has 0 aromatic carbocycles. The van der Waals surface area contributed by atoms with Crippen molar-refractivity contribution in [1.29, 1.82) is 0 Å². The van der Waals surface area contributed by atoms with Crippen molar-refractivity contribution in [3.8, 4) is 0 Å². The Balaban J connectivity index is 1.75. The Labute approximate surface area is 105 Å². The quantitative estimate of drug-likeness (QED) is 0.886. The molecule has 1 N–H and O–H groups in total. The van der Waals surface area contributed by atoms with E-state index >= 15 is 0 Å². The maximum absolute atomic E-state index is 5.89. The highest BCUT2D eigenvalue weighted by atomic mass is 35.5. The third kappa shape index (κ3) is 3.38. The number of thiophene rings is 1. The Hall–Kier alpha value is 0.300. The Bertz CT molecular complexity index is 313. The zero-order valence-electron chi connectivity index (χ0n) is 8.83. The second-order valence-electron chi connectivity index (χ2n) is 3.95. The first kappa shape index (κ1) is 11.8. The predicted molar refractivity (Wildman–Crippen MR) is 71.1 cm³/mol. The van der Waals surface area contributed by atoms with Crippen LogP contribution in [0.25, 0.3) is 0 Å². The number of thioether (sulfide) groups is 1. The van der Waals surface area contributed by atoms with E-state index in [0.717, 1.165) is 16.1 Å². The number of rotatable bonds is 4. The van der Waals surface area contributed by atoms with Gasteiger partial charge in [0, 0.05) is 22.7 Å². The summed E-state index contributed by atoms with van der Waals surface area (Å²) in [7, 11) is 0. The molecule has 1 fully saturated rings. The fraction of sp³-hybridized carbons (Fsp3) is 0.636. The zero-order chi connectivity index (χ0) is 10.7. The molecule has 2 unspecified atom stereocenters. The fourth-order valence-electron chi connectivity index (χ4n) is 2.03. The maximum Gasteiger partial charge on any atom is 0.0931 e. The predicted octanol–water partition coefficient (Wildman–Crippen LogP) is 3.78. The van der Waals surface area contributed by atoms with Gasteiger partial charge in [0.2, 0.25) is 0 Å². The Kier molecular flexibility index (Phi) is 4.38. The molecule has 1 heterocycles. The summed E-state index contributed by atoms with van der Waals surface area (Å²) >= 11 is 9.57. The van der Waals surface area contributed by atoms with Gasteiger partial charge < -0.3 is 5.32 Å². The average Bonchev–Trinajstić information content (AvgIpc) is 2.83. The van der Waals surface area contributed by atoms with Gasteiger partial charge in [-0.2, -0.15) is 11.8 Å². The monoisotopic (exact) mass is 261 g/mol. The smallest absolute Gasteiger partial charge is 0.0931 e. The molecular formula is C11H16ClNS2. The summed E-state index contributed by atoms with van der Waals surface area (Å²) in [5.74, 6) is 0. The van der Waals surface area contributed by atoms with Crippen molar-refractivity contribution in [3.05, 3.63) is 21.3 Å². The van der Waals surface area contributed by atoms with E-state index in [2.05, 4.69) is 17.6 Å². The van der Waals surface area contributed by atoms with Gasteiger partial charge in [0.15, 0.2) is 0 Å². The van der Waals surface area contributed by atoms with Gasteiger partial charge in [0.1, 0.15) is 0 Å². The third-order valence-corrected chi connectivity index (χ3v) is 5.24. The van der Waals surface area contributed by atoms with E-state index in [1.165, 1.54) is 24.1 Å². The number of halogens is 1. The topological polar surface area (TPSA) is 12.0 Å². The molecule has 15 heavy (non-hydrogen) atoms. The molecule has 0 aliphatic heterocycles. The highest BCUT2D eigenvalue weighted by molar-refractivity contribution is 7.99. The van der Waals surface area contributed by atoms with E-state index in [4.69, 9.17) is 11.6 Å². The molecule has 0 radical (unpaired) electrons. The van der Waals surface area contributed by atoms with Crippen LogP contribution in [0.1, 0.15) is 24.1 Å². The van der Waals surface area contributed by atoms with Crippen molar-refractivity contribution >= 4 is 34.7 Å². The van der Waals surface area contributed by atoms with E-state index in [1.807, 2.05) is 17.8 Å². The van der Waals surface area contributed by atoms with Crippen LogP contribution < -0.4 is 5.32 Å². The van der Waals surface area contributed by atoms with Crippen LogP contribution in [0.2, 0.25) is 4.34 Å².